The summed E-state index contributed by atoms with van der Waals surface area (Å²) in [4.78, 5) is 0. The Kier molecular flexibility index (Phi) is 11.2. The molecule has 0 aliphatic carbocycles. The van der Waals surface area contributed by atoms with Crippen molar-refractivity contribution in [2.45, 2.75) is 0 Å². The molecule has 0 spiro atoms. The molecule has 0 saturated carbocycles. The van der Waals surface area contributed by atoms with Crippen LogP contribution in [0.3, 0.4) is 0 Å². The van der Waals surface area contributed by atoms with Crippen LogP contribution in [0.25, 0.3) is 0 Å². The highest BCUT2D eigenvalue weighted by atomic mass is 31.0. The van der Waals surface area contributed by atoms with Gasteiger partial charge in [0.15, 0.2) is 0 Å². The van der Waals surface area contributed by atoms with E-state index in [2.05, 4.69) is 0 Å². The molecule has 1 unspecified atom stereocenters. The first-order valence-corrected chi connectivity index (χ1v) is 7.51. The first-order valence-electron chi connectivity index (χ1n) is 7.04. The molecule has 0 aromatic heterocycles. The summed E-state index contributed by atoms with van der Waals surface area (Å²) >= 11 is 0. The van der Waals surface area contributed by atoms with Gasteiger partial charge in [-0.3, -0.25) is 0 Å². The molecular weight excluding hydrogens is 359 g/mol. The first-order chi connectivity index (χ1) is 12.4. The Morgan fingerprint density at radius 3 is 0.500 bits per heavy atom. The predicted octanol–water partition coefficient (Wildman–Crippen LogP) is 3.50. The first kappa shape index (κ1) is 22.6. The van der Waals surface area contributed by atoms with E-state index in [0.717, 1.165) is 0 Å². The van der Waals surface area contributed by atoms with Crippen LogP contribution in [0, 0.1) is 0 Å². The van der Waals surface area contributed by atoms with Crippen LogP contribution in [0.2, 0.25) is 0 Å². The second-order valence-electron chi connectivity index (χ2n) is 4.55. The molecule has 0 aliphatic rings. The molecule has 0 radical (unpaired) electrons. The molecule has 0 heterocycles. The van der Waals surface area contributed by atoms with Gasteiger partial charge in [-0.25, -0.2) is 0 Å². The van der Waals surface area contributed by atoms with Gasteiger partial charge < -0.3 is 30.6 Å². The molecule has 0 saturated heterocycles. The van der Waals surface area contributed by atoms with Crippen LogP contribution < -0.4 is 0 Å². The minimum atomic E-state index is 0.169. The molecule has 138 valence electrons. The highest BCUT2D eigenvalue weighted by molar-refractivity contribution is 7.00. The number of rotatable bonds is 0. The number of aromatic hydroxyl groups is 6. The minimum absolute atomic E-state index is 0.169. The maximum Gasteiger partial charge on any atom is 0.310 e. The van der Waals surface area contributed by atoms with E-state index in [4.69, 9.17) is 35.2 Å². The van der Waals surface area contributed by atoms with Crippen molar-refractivity contribution in [3.05, 3.63) is 72.8 Å². The van der Waals surface area contributed by atoms with E-state index >= 15 is 0 Å². The zero-order valence-electron chi connectivity index (χ0n) is 13.6. The Morgan fingerprint density at radius 2 is 0.423 bits per heavy atom. The summed E-state index contributed by atoms with van der Waals surface area (Å²) in [6, 6.07) is 17.1. The predicted molar refractivity (Wildman–Crippen MR) is 99.7 cm³/mol. The third-order valence-corrected chi connectivity index (χ3v) is 2.55. The lowest BCUT2D eigenvalue weighted by molar-refractivity contribution is 0.460. The van der Waals surface area contributed by atoms with Crippen LogP contribution in [-0.4, -0.2) is 30.6 Å². The summed E-state index contributed by atoms with van der Waals surface area (Å²) in [5, 5.41) is 51.9. The topological polar surface area (TPSA) is 138 Å². The van der Waals surface area contributed by atoms with Gasteiger partial charge in [0, 0.05) is 0 Å². The van der Waals surface area contributed by atoms with Crippen LogP contribution in [0.1, 0.15) is 0 Å². The Hall–Kier alpha value is -3.44. The average molecular weight is 379 g/mol. The molecule has 26 heavy (non-hydrogen) atoms. The summed E-state index contributed by atoms with van der Waals surface area (Å²) < 4.78 is 8.17. The molecule has 0 bridgehead atoms. The van der Waals surface area contributed by atoms with Gasteiger partial charge in [0.05, 0.1) is 0 Å². The van der Waals surface area contributed by atoms with Gasteiger partial charge in [-0.2, -0.15) is 0 Å². The third kappa shape index (κ3) is 11.2. The summed E-state index contributed by atoms with van der Waals surface area (Å²) in [5.74, 6) is 1.02. The Morgan fingerprint density at radius 1 is 0.346 bits per heavy atom. The van der Waals surface area contributed by atoms with Crippen molar-refractivity contribution in [3.8, 4) is 34.5 Å². The van der Waals surface area contributed by atoms with Crippen molar-refractivity contribution >= 4 is 9.12 Å². The molecule has 3 rings (SSSR count). The molecule has 0 fully saturated rings. The number of hydrogen-bond donors (Lipinski definition) is 6. The molecule has 3 aromatic rings. The van der Waals surface area contributed by atoms with Crippen LogP contribution in [0.5, 0.6) is 34.5 Å². The Balaban J connectivity index is 0.000000344. The summed E-state index contributed by atoms with van der Waals surface area (Å²) in [7, 11) is 1.17. The maximum absolute atomic E-state index is 8.65. The van der Waals surface area contributed by atoms with Crippen molar-refractivity contribution in [2.75, 3.05) is 0 Å². The number of hydrogen-bond acceptors (Lipinski definition) is 7. The molecule has 8 heteroatoms. The van der Waals surface area contributed by atoms with Crippen molar-refractivity contribution in [2.24, 2.45) is 0 Å². The van der Waals surface area contributed by atoms with Gasteiger partial charge in [-0.1, -0.05) is 4.57 Å². The van der Waals surface area contributed by atoms with E-state index in [1.54, 1.807) is 0 Å². The SMILES string of the molecule is O=[PH2+].Oc1ccc(O)cc1.Oc1ccc(O)cc1.Oc1ccc(O)cc1. The Labute approximate surface area is 152 Å². The molecule has 1 atom stereocenters. The maximum atomic E-state index is 8.65. The second-order valence-corrected chi connectivity index (χ2v) is 4.55. The molecular formula is C18H20O7P+. The van der Waals surface area contributed by atoms with Gasteiger partial charge in [-0.05, 0) is 72.8 Å². The van der Waals surface area contributed by atoms with Crippen molar-refractivity contribution in [1.29, 1.82) is 0 Å². The van der Waals surface area contributed by atoms with E-state index in [1.165, 1.54) is 81.9 Å². The van der Waals surface area contributed by atoms with E-state index in [0.29, 0.717) is 0 Å². The molecule has 3 aromatic carbocycles. The largest absolute Gasteiger partial charge is 0.508 e. The van der Waals surface area contributed by atoms with E-state index in [1.807, 2.05) is 0 Å². The monoisotopic (exact) mass is 379 g/mol. The van der Waals surface area contributed by atoms with Crippen molar-refractivity contribution in [1.82, 2.24) is 0 Å². The third-order valence-electron chi connectivity index (χ3n) is 2.55. The smallest absolute Gasteiger partial charge is 0.310 e. The lowest BCUT2D eigenvalue weighted by Crippen LogP contribution is -1.61. The quantitative estimate of drug-likeness (QED) is 0.260. The number of phenols is 6. The highest BCUT2D eigenvalue weighted by Gasteiger charge is 1.85. The zero-order valence-corrected chi connectivity index (χ0v) is 14.8. The van der Waals surface area contributed by atoms with Crippen LogP contribution in [0.15, 0.2) is 72.8 Å². The van der Waals surface area contributed by atoms with Crippen LogP contribution >= 0.6 is 9.12 Å². The summed E-state index contributed by atoms with van der Waals surface area (Å²) in [6.07, 6.45) is 0. The van der Waals surface area contributed by atoms with Crippen molar-refractivity contribution < 1.29 is 35.2 Å². The van der Waals surface area contributed by atoms with Gasteiger partial charge in [0.2, 0.25) is 0 Å². The van der Waals surface area contributed by atoms with Crippen molar-refractivity contribution in [3.63, 3.8) is 0 Å². The molecule has 0 amide bonds. The fourth-order valence-corrected chi connectivity index (χ4v) is 1.36. The summed E-state index contributed by atoms with van der Waals surface area (Å²) in [6.45, 7) is 0. The Bertz CT molecular complexity index is 563. The van der Waals surface area contributed by atoms with E-state index < -0.39 is 0 Å². The average Bonchev–Trinajstić information content (AvgIpc) is 2.65. The van der Waals surface area contributed by atoms with Gasteiger partial charge in [0.1, 0.15) is 34.5 Å². The molecule has 0 aliphatic heterocycles. The lowest BCUT2D eigenvalue weighted by atomic mass is 10.3. The molecule has 6 N–H and O–H groups in total. The molecule has 7 nitrogen and oxygen atoms in total. The fourth-order valence-electron chi connectivity index (χ4n) is 1.36. The van der Waals surface area contributed by atoms with Crippen LogP contribution in [-0.2, 0) is 4.57 Å². The van der Waals surface area contributed by atoms with Gasteiger partial charge >= 0.3 is 9.12 Å². The highest BCUT2D eigenvalue weighted by Crippen LogP contribution is 2.14. The number of phenolic OH excluding ortho intramolecular Hbond substituents is 6. The summed E-state index contributed by atoms with van der Waals surface area (Å²) in [5.41, 5.74) is 0. The number of benzene rings is 3. The van der Waals surface area contributed by atoms with E-state index in [-0.39, 0.29) is 34.5 Å². The van der Waals surface area contributed by atoms with Gasteiger partial charge in [-0.15, -0.1) is 0 Å². The minimum Gasteiger partial charge on any atom is -0.508 e. The zero-order chi connectivity index (χ0) is 19.9. The lowest BCUT2D eigenvalue weighted by Gasteiger charge is -1.88. The fraction of sp³-hybridized carbons (Fsp3) is 0. The standard InChI is InChI=1S/3C6H6O2.H2OP/c3*7-5-1-2-6(8)4-3-5;1-2/h3*1-4,7-8H;2H2/q;;;+1. The second kappa shape index (κ2) is 12.9. The normalized spacial score (nSPS) is 8.46. The van der Waals surface area contributed by atoms with E-state index in [9.17, 15) is 0 Å². The van der Waals surface area contributed by atoms with Crippen LogP contribution in [0.4, 0.5) is 0 Å². The van der Waals surface area contributed by atoms with Gasteiger partial charge in [0.25, 0.3) is 0 Å².